The maximum atomic E-state index is 15.5. The first-order valence-electron chi connectivity index (χ1n) is 12.6. The standard InChI is InChI=1S/C28H34FN3O3S/c1-35-22-4-6-27-25(18-22)24(9-13-31-27)26(29)5-3-20-10-15-32(19-21(20)17-28(33)34)14-2-16-36-23-7-11-30-12-8-23/h4,6-9,11-13,18,20-21,26H,2-3,5,10,14-17,19H2,1H3,(H,33,34)/t20-,21+,26?/m1/s1. The van der Waals surface area contributed by atoms with Crippen LogP contribution in [0.2, 0.25) is 0 Å². The van der Waals surface area contributed by atoms with Crippen LogP contribution in [0.3, 0.4) is 0 Å². The zero-order chi connectivity index (χ0) is 25.3. The molecule has 4 rings (SSSR count). The SMILES string of the molecule is COc1ccc2nccc(C(F)CC[C@@H]3CCN(CCCSc4ccncc4)C[C@@H]3CC(=O)O)c2c1. The maximum Gasteiger partial charge on any atom is 0.303 e. The number of methoxy groups -OCH3 is 1. The van der Waals surface area contributed by atoms with Crippen LogP contribution in [0, 0.1) is 11.8 Å². The monoisotopic (exact) mass is 511 g/mol. The molecule has 1 unspecified atom stereocenters. The summed E-state index contributed by atoms with van der Waals surface area (Å²) in [4.78, 5) is 23.6. The van der Waals surface area contributed by atoms with Crippen LogP contribution >= 0.6 is 11.8 Å². The molecule has 0 bridgehead atoms. The Morgan fingerprint density at radius 1 is 1.22 bits per heavy atom. The van der Waals surface area contributed by atoms with Gasteiger partial charge in [0.15, 0.2) is 0 Å². The van der Waals surface area contributed by atoms with Crippen molar-refractivity contribution < 1.29 is 19.0 Å². The molecule has 8 heteroatoms. The summed E-state index contributed by atoms with van der Waals surface area (Å²) >= 11 is 1.82. The summed E-state index contributed by atoms with van der Waals surface area (Å²) in [6.07, 6.45) is 7.28. The number of pyridine rings is 2. The van der Waals surface area contributed by atoms with Gasteiger partial charge in [-0.15, -0.1) is 11.8 Å². The fourth-order valence-electron chi connectivity index (χ4n) is 5.17. The van der Waals surface area contributed by atoms with Gasteiger partial charge in [0, 0.05) is 41.8 Å². The molecular formula is C28H34FN3O3S. The lowest BCUT2D eigenvalue weighted by Gasteiger charge is -2.38. The molecule has 0 saturated carbocycles. The lowest BCUT2D eigenvalue weighted by molar-refractivity contribution is -0.139. The van der Waals surface area contributed by atoms with Crippen molar-refractivity contribution in [1.82, 2.24) is 14.9 Å². The number of aromatic nitrogens is 2. The highest BCUT2D eigenvalue weighted by Gasteiger charge is 2.31. The third-order valence-electron chi connectivity index (χ3n) is 7.06. The van der Waals surface area contributed by atoms with E-state index < -0.39 is 12.1 Å². The zero-order valence-electron chi connectivity index (χ0n) is 20.7. The fraction of sp³-hybridized carbons (Fsp3) is 0.464. The van der Waals surface area contributed by atoms with Crippen molar-refractivity contribution in [2.24, 2.45) is 11.8 Å². The highest BCUT2D eigenvalue weighted by molar-refractivity contribution is 7.99. The van der Waals surface area contributed by atoms with Gasteiger partial charge in [-0.1, -0.05) is 0 Å². The first-order chi connectivity index (χ1) is 17.5. The van der Waals surface area contributed by atoms with Gasteiger partial charge in [-0.3, -0.25) is 14.8 Å². The Bertz CT molecular complexity index is 1130. The number of alkyl halides is 1. The van der Waals surface area contributed by atoms with E-state index in [-0.39, 0.29) is 18.3 Å². The molecule has 0 spiro atoms. The second kappa shape index (κ2) is 13.0. The lowest BCUT2D eigenvalue weighted by Crippen LogP contribution is -2.42. The van der Waals surface area contributed by atoms with Crippen molar-refractivity contribution >= 4 is 28.6 Å². The highest BCUT2D eigenvalue weighted by atomic mass is 32.2. The lowest BCUT2D eigenvalue weighted by atomic mass is 9.79. The minimum atomic E-state index is -1.13. The van der Waals surface area contributed by atoms with E-state index in [9.17, 15) is 9.90 Å². The highest BCUT2D eigenvalue weighted by Crippen LogP contribution is 2.36. The Hall–Kier alpha value is -2.71. The molecule has 1 aliphatic rings. The summed E-state index contributed by atoms with van der Waals surface area (Å²) < 4.78 is 20.8. The number of carboxylic acids is 1. The number of hydrogen-bond donors (Lipinski definition) is 1. The molecule has 0 aliphatic carbocycles. The maximum absolute atomic E-state index is 15.5. The van der Waals surface area contributed by atoms with Crippen molar-refractivity contribution in [3.05, 3.63) is 60.6 Å². The van der Waals surface area contributed by atoms with Crippen LogP contribution < -0.4 is 4.74 Å². The van der Waals surface area contributed by atoms with Gasteiger partial charge in [0.1, 0.15) is 11.9 Å². The Morgan fingerprint density at radius 2 is 2.06 bits per heavy atom. The van der Waals surface area contributed by atoms with Gasteiger partial charge in [-0.25, -0.2) is 4.39 Å². The van der Waals surface area contributed by atoms with Crippen LogP contribution in [-0.4, -0.2) is 58.4 Å². The van der Waals surface area contributed by atoms with E-state index in [1.165, 1.54) is 4.90 Å². The minimum absolute atomic E-state index is 0.0468. The number of benzene rings is 1. The predicted octanol–water partition coefficient (Wildman–Crippen LogP) is 6.02. The third kappa shape index (κ3) is 7.17. The van der Waals surface area contributed by atoms with Crippen molar-refractivity contribution in [3.63, 3.8) is 0 Å². The number of carbonyl (C=O) groups is 1. The minimum Gasteiger partial charge on any atom is -0.497 e. The summed E-state index contributed by atoms with van der Waals surface area (Å²) in [5, 5.41) is 10.3. The Balaban J connectivity index is 1.31. The summed E-state index contributed by atoms with van der Waals surface area (Å²) in [5.74, 6) is 1.18. The van der Waals surface area contributed by atoms with Crippen molar-refractivity contribution in [3.8, 4) is 5.75 Å². The van der Waals surface area contributed by atoms with Gasteiger partial charge in [-0.2, -0.15) is 0 Å². The van der Waals surface area contributed by atoms with E-state index in [2.05, 4.69) is 14.9 Å². The largest absolute Gasteiger partial charge is 0.497 e. The predicted molar refractivity (Wildman–Crippen MR) is 141 cm³/mol. The number of piperidine rings is 1. The van der Waals surface area contributed by atoms with Gasteiger partial charge in [0.2, 0.25) is 0 Å². The zero-order valence-corrected chi connectivity index (χ0v) is 21.5. The van der Waals surface area contributed by atoms with E-state index in [1.807, 2.05) is 42.1 Å². The molecule has 1 aliphatic heterocycles. The second-order valence-corrected chi connectivity index (χ2v) is 10.6. The molecule has 36 heavy (non-hydrogen) atoms. The van der Waals surface area contributed by atoms with Gasteiger partial charge in [0.25, 0.3) is 0 Å². The van der Waals surface area contributed by atoms with E-state index in [1.54, 1.807) is 31.8 Å². The number of fused-ring (bicyclic) bond motifs is 1. The van der Waals surface area contributed by atoms with Crippen LogP contribution in [0.15, 0.2) is 59.9 Å². The molecule has 1 aromatic carbocycles. The quantitative estimate of drug-likeness (QED) is 0.235. The molecule has 3 atom stereocenters. The van der Waals surface area contributed by atoms with Crippen LogP contribution in [0.25, 0.3) is 10.9 Å². The molecule has 1 saturated heterocycles. The van der Waals surface area contributed by atoms with Crippen LogP contribution in [-0.2, 0) is 4.79 Å². The number of thioether (sulfide) groups is 1. The summed E-state index contributed by atoms with van der Waals surface area (Å²) in [6, 6.07) is 11.3. The molecule has 6 nitrogen and oxygen atoms in total. The number of hydrogen-bond acceptors (Lipinski definition) is 6. The first-order valence-corrected chi connectivity index (χ1v) is 13.6. The third-order valence-corrected chi connectivity index (χ3v) is 8.16. The molecule has 2 aromatic heterocycles. The molecule has 1 N–H and O–H groups in total. The number of nitrogens with zero attached hydrogens (tertiary/aromatic N) is 3. The smallest absolute Gasteiger partial charge is 0.303 e. The average molecular weight is 512 g/mol. The van der Waals surface area contributed by atoms with Crippen LogP contribution in [0.1, 0.15) is 43.8 Å². The number of ether oxygens (including phenoxy) is 1. The number of carboxylic acid groups (broad SMARTS) is 1. The Morgan fingerprint density at radius 3 is 2.83 bits per heavy atom. The van der Waals surface area contributed by atoms with Crippen LogP contribution in [0.4, 0.5) is 4.39 Å². The number of rotatable bonds is 12. The molecule has 0 radical (unpaired) electrons. The van der Waals surface area contributed by atoms with Crippen LogP contribution in [0.5, 0.6) is 5.75 Å². The van der Waals surface area contributed by atoms with E-state index in [0.29, 0.717) is 24.2 Å². The summed E-state index contributed by atoms with van der Waals surface area (Å²) in [5.41, 5.74) is 1.37. The summed E-state index contributed by atoms with van der Waals surface area (Å²) in [6.45, 7) is 2.66. The number of halogens is 1. The first kappa shape index (κ1) is 26.4. The molecule has 192 valence electrons. The molecule has 3 aromatic rings. The van der Waals surface area contributed by atoms with Crippen molar-refractivity contribution in [2.75, 3.05) is 32.5 Å². The van der Waals surface area contributed by atoms with Crippen molar-refractivity contribution in [1.29, 1.82) is 0 Å². The van der Waals surface area contributed by atoms with E-state index in [0.717, 1.165) is 49.1 Å². The van der Waals surface area contributed by atoms with Gasteiger partial charge in [0.05, 0.1) is 12.6 Å². The molecule has 3 heterocycles. The van der Waals surface area contributed by atoms with E-state index in [4.69, 9.17) is 4.74 Å². The fourth-order valence-corrected chi connectivity index (χ4v) is 5.99. The molecular weight excluding hydrogens is 477 g/mol. The average Bonchev–Trinajstić information content (AvgIpc) is 2.90. The van der Waals surface area contributed by atoms with Gasteiger partial charge < -0.3 is 14.7 Å². The molecule has 1 fully saturated rings. The summed E-state index contributed by atoms with van der Waals surface area (Å²) in [7, 11) is 1.60. The van der Waals surface area contributed by atoms with Gasteiger partial charge >= 0.3 is 5.97 Å². The number of likely N-dealkylation sites (tertiary alicyclic amines) is 1. The normalized spacial score (nSPS) is 19.3. The topological polar surface area (TPSA) is 75.5 Å². The van der Waals surface area contributed by atoms with Crippen molar-refractivity contribution in [2.45, 2.75) is 43.2 Å². The Kier molecular flexibility index (Phi) is 9.53. The molecule has 0 amide bonds. The Labute approximate surface area is 216 Å². The number of aliphatic carboxylic acids is 1. The van der Waals surface area contributed by atoms with Gasteiger partial charge in [-0.05, 0) is 98.3 Å². The second-order valence-electron chi connectivity index (χ2n) is 9.42. The van der Waals surface area contributed by atoms with E-state index >= 15 is 4.39 Å².